The SMILES string of the molecule is CCCCC(CCCC)C(O)(C(=O)O)C(=O)C(C)O. The van der Waals surface area contributed by atoms with Crippen LogP contribution < -0.4 is 0 Å². The fraction of sp³-hybridized carbons (Fsp3) is 0.857. The fourth-order valence-corrected chi connectivity index (χ4v) is 2.26. The Labute approximate surface area is 114 Å². The minimum atomic E-state index is -2.47. The second kappa shape index (κ2) is 8.27. The van der Waals surface area contributed by atoms with Gasteiger partial charge in [0.25, 0.3) is 0 Å². The van der Waals surface area contributed by atoms with Crippen molar-refractivity contribution in [2.45, 2.75) is 71.0 Å². The van der Waals surface area contributed by atoms with Crippen LogP contribution in [0.15, 0.2) is 0 Å². The van der Waals surface area contributed by atoms with E-state index in [0.29, 0.717) is 12.8 Å². The van der Waals surface area contributed by atoms with Crippen LogP contribution in [0.2, 0.25) is 0 Å². The van der Waals surface area contributed by atoms with Crippen LogP contribution >= 0.6 is 0 Å². The summed E-state index contributed by atoms with van der Waals surface area (Å²) < 4.78 is 0. The molecule has 112 valence electrons. The maximum absolute atomic E-state index is 11.9. The van der Waals surface area contributed by atoms with Gasteiger partial charge in [-0.15, -0.1) is 0 Å². The van der Waals surface area contributed by atoms with Gasteiger partial charge < -0.3 is 15.3 Å². The van der Waals surface area contributed by atoms with E-state index >= 15 is 0 Å². The molecule has 0 aliphatic rings. The highest BCUT2D eigenvalue weighted by Crippen LogP contribution is 2.30. The van der Waals surface area contributed by atoms with Crippen LogP contribution in [-0.2, 0) is 9.59 Å². The van der Waals surface area contributed by atoms with E-state index in [1.54, 1.807) is 0 Å². The van der Waals surface area contributed by atoms with Crippen LogP contribution in [0.5, 0.6) is 0 Å². The Bertz CT molecular complexity index is 292. The van der Waals surface area contributed by atoms with Crippen molar-refractivity contribution in [3.05, 3.63) is 0 Å². The number of hydrogen-bond donors (Lipinski definition) is 3. The van der Waals surface area contributed by atoms with Gasteiger partial charge in [0.15, 0.2) is 0 Å². The van der Waals surface area contributed by atoms with Crippen LogP contribution in [0.3, 0.4) is 0 Å². The van der Waals surface area contributed by atoms with E-state index in [9.17, 15) is 24.9 Å². The third kappa shape index (κ3) is 4.58. The third-order valence-corrected chi connectivity index (χ3v) is 3.48. The Hall–Kier alpha value is -0.940. The molecule has 0 aromatic rings. The van der Waals surface area contributed by atoms with Crippen molar-refractivity contribution in [2.24, 2.45) is 5.92 Å². The molecule has 2 atom stereocenters. The predicted molar refractivity (Wildman–Crippen MR) is 71.8 cm³/mol. The number of aliphatic carboxylic acids is 1. The summed E-state index contributed by atoms with van der Waals surface area (Å²) >= 11 is 0. The molecule has 0 amide bonds. The van der Waals surface area contributed by atoms with Gasteiger partial charge in [-0.1, -0.05) is 39.5 Å². The van der Waals surface area contributed by atoms with Gasteiger partial charge in [-0.25, -0.2) is 4.79 Å². The lowest BCUT2D eigenvalue weighted by Crippen LogP contribution is -2.56. The van der Waals surface area contributed by atoms with Crippen molar-refractivity contribution in [3.63, 3.8) is 0 Å². The van der Waals surface area contributed by atoms with Gasteiger partial charge in [-0.3, -0.25) is 4.79 Å². The highest BCUT2D eigenvalue weighted by molar-refractivity contribution is 6.08. The molecule has 19 heavy (non-hydrogen) atoms. The zero-order chi connectivity index (χ0) is 15.1. The number of rotatable bonds is 10. The lowest BCUT2D eigenvalue weighted by atomic mass is 9.76. The summed E-state index contributed by atoms with van der Waals surface area (Å²) in [5, 5.41) is 28.9. The number of aliphatic hydroxyl groups is 2. The van der Waals surface area contributed by atoms with Crippen molar-refractivity contribution in [1.29, 1.82) is 0 Å². The third-order valence-electron chi connectivity index (χ3n) is 3.48. The smallest absolute Gasteiger partial charge is 0.343 e. The number of carboxylic acids is 1. The first-order valence-electron chi connectivity index (χ1n) is 7.00. The summed E-state index contributed by atoms with van der Waals surface area (Å²) in [4.78, 5) is 23.2. The Morgan fingerprint density at radius 1 is 1.11 bits per heavy atom. The summed E-state index contributed by atoms with van der Waals surface area (Å²) in [5.41, 5.74) is -2.47. The summed E-state index contributed by atoms with van der Waals surface area (Å²) in [5.74, 6) is -3.22. The molecule has 0 radical (unpaired) electrons. The van der Waals surface area contributed by atoms with Gasteiger partial charge in [0, 0.05) is 5.92 Å². The van der Waals surface area contributed by atoms with E-state index in [1.807, 2.05) is 13.8 Å². The van der Waals surface area contributed by atoms with Crippen molar-refractivity contribution in [1.82, 2.24) is 0 Å². The van der Waals surface area contributed by atoms with Crippen LogP contribution in [0, 0.1) is 5.92 Å². The molecule has 0 saturated heterocycles. The van der Waals surface area contributed by atoms with Gasteiger partial charge in [-0.05, 0) is 19.8 Å². The number of carbonyl (C=O) groups is 2. The van der Waals surface area contributed by atoms with Crippen LogP contribution in [0.1, 0.15) is 59.3 Å². The first kappa shape index (κ1) is 18.1. The summed E-state index contributed by atoms with van der Waals surface area (Å²) in [6.45, 7) is 5.12. The summed E-state index contributed by atoms with van der Waals surface area (Å²) in [6, 6.07) is 0. The molecule has 0 fully saturated rings. The van der Waals surface area contributed by atoms with Gasteiger partial charge in [-0.2, -0.15) is 0 Å². The zero-order valence-electron chi connectivity index (χ0n) is 12.1. The number of carboxylic acid groups (broad SMARTS) is 1. The van der Waals surface area contributed by atoms with E-state index in [4.69, 9.17) is 0 Å². The minimum Gasteiger partial charge on any atom is -0.479 e. The Kier molecular flexibility index (Phi) is 7.87. The second-order valence-electron chi connectivity index (χ2n) is 5.09. The molecule has 5 heteroatoms. The molecule has 5 nitrogen and oxygen atoms in total. The largest absolute Gasteiger partial charge is 0.479 e. The van der Waals surface area contributed by atoms with Crippen molar-refractivity contribution < 1.29 is 24.9 Å². The van der Waals surface area contributed by atoms with Gasteiger partial charge >= 0.3 is 5.97 Å². The van der Waals surface area contributed by atoms with Crippen LogP contribution in [0.25, 0.3) is 0 Å². The summed E-state index contributed by atoms with van der Waals surface area (Å²) in [6.07, 6.45) is 2.68. The highest BCUT2D eigenvalue weighted by atomic mass is 16.4. The van der Waals surface area contributed by atoms with Crippen molar-refractivity contribution in [3.8, 4) is 0 Å². The van der Waals surface area contributed by atoms with E-state index in [0.717, 1.165) is 25.7 Å². The van der Waals surface area contributed by atoms with Crippen molar-refractivity contribution >= 4 is 11.8 Å². The van der Waals surface area contributed by atoms with Crippen LogP contribution in [-0.4, -0.2) is 38.8 Å². The standard InChI is InChI=1S/C14H26O5/c1-4-6-8-11(9-7-5-2)14(19,13(17)18)12(16)10(3)15/h10-11,15,19H,4-9H2,1-3H3,(H,17,18). The quantitative estimate of drug-likeness (QED) is 0.527. The molecule has 0 spiro atoms. The molecule has 2 unspecified atom stereocenters. The molecule has 0 rings (SSSR count). The van der Waals surface area contributed by atoms with E-state index in [1.165, 1.54) is 6.92 Å². The summed E-state index contributed by atoms with van der Waals surface area (Å²) in [7, 11) is 0. The van der Waals surface area contributed by atoms with Gasteiger partial charge in [0.1, 0.15) is 6.10 Å². The lowest BCUT2D eigenvalue weighted by molar-refractivity contribution is -0.176. The van der Waals surface area contributed by atoms with Crippen molar-refractivity contribution in [2.75, 3.05) is 0 Å². The second-order valence-corrected chi connectivity index (χ2v) is 5.09. The number of aliphatic hydroxyl groups excluding tert-OH is 1. The topological polar surface area (TPSA) is 94.8 Å². The highest BCUT2D eigenvalue weighted by Gasteiger charge is 2.51. The molecule has 0 aromatic carbocycles. The number of ketones is 1. The van der Waals surface area contributed by atoms with Crippen LogP contribution in [0.4, 0.5) is 0 Å². The molecule has 0 bridgehead atoms. The number of Topliss-reactive ketones (excluding diaryl/α,β-unsaturated/α-hetero) is 1. The molecule has 3 N–H and O–H groups in total. The van der Waals surface area contributed by atoms with Gasteiger partial charge in [0.05, 0.1) is 0 Å². The van der Waals surface area contributed by atoms with E-state index in [-0.39, 0.29) is 0 Å². The average Bonchev–Trinajstić information content (AvgIpc) is 2.36. The lowest BCUT2D eigenvalue weighted by Gasteiger charge is -2.32. The number of hydrogen-bond acceptors (Lipinski definition) is 4. The first-order chi connectivity index (χ1) is 8.82. The Morgan fingerprint density at radius 3 is 1.79 bits per heavy atom. The molecule has 0 heterocycles. The van der Waals surface area contributed by atoms with E-state index < -0.39 is 29.4 Å². The number of carbonyl (C=O) groups excluding carboxylic acids is 1. The molecule has 0 aliphatic carbocycles. The Balaban J connectivity index is 5.23. The number of unbranched alkanes of at least 4 members (excludes halogenated alkanes) is 2. The Morgan fingerprint density at radius 2 is 1.53 bits per heavy atom. The van der Waals surface area contributed by atoms with E-state index in [2.05, 4.69) is 0 Å². The molecule has 0 aromatic heterocycles. The first-order valence-corrected chi connectivity index (χ1v) is 7.00. The zero-order valence-corrected chi connectivity index (χ0v) is 12.1. The monoisotopic (exact) mass is 274 g/mol. The normalized spacial score (nSPS) is 16.1. The average molecular weight is 274 g/mol. The predicted octanol–water partition coefficient (Wildman–Crippen LogP) is 1.75. The molecular weight excluding hydrogens is 248 g/mol. The maximum atomic E-state index is 11.9. The molecule has 0 saturated carbocycles. The minimum absolute atomic E-state index is 0.470. The molecular formula is C14H26O5. The van der Waals surface area contributed by atoms with Gasteiger partial charge in [0.2, 0.25) is 11.4 Å². The maximum Gasteiger partial charge on any atom is 0.343 e. The fourth-order valence-electron chi connectivity index (χ4n) is 2.26. The molecule has 0 aliphatic heterocycles.